The van der Waals surface area contributed by atoms with Crippen molar-refractivity contribution in [2.24, 2.45) is 0 Å². The van der Waals surface area contributed by atoms with Gasteiger partial charge in [-0.05, 0) is 31.7 Å². The van der Waals surface area contributed by atoms with E-state index in [9.17, 15) is 4.79 Å². The number of esters is 1. The van der Waals surface area contributed by atoms with Crippen LogP contribution in [0.4, 0.5) is 0 Å². The molecule has 2 aromatic rings. The van der Waals surface area contributed by atoms with E-state index in [2.05, 4.69) is 5.32 Å². The second-order valence-corrected chi connectivity index (χ2v) is 4.68. The van der Waals surface area contributed by atoms with Gasteiger partial charge in [-0.25, -0.2) is 4.79 Å². The molecule has 0 aromatic heterocycles. The number of hydrogen-bond donors (Lipinski definition) is 1. The molecule has 0 unspecified atom stereocenters. The average molecular weight is 269 g/mol. The van der Waals surface area contributed by atoms with E-state index < -0.39 is 0 Å². The quantitative estimate of drug-likeness (QED) is 0.847. The van der Waals surface area contributed by atoms with E-state index in [1.54, 1.807) is 12.1 Å². The van der Waals surface area contributed by atoms with Gasteiger partial charge >= 0.3 is 5.97 Å². The van der Waals surface area contributed by atoms with Crippen LogP contribution in [0.2, 0.25) is 0 Å². The number of likely N-dealkylation sites (N-methyl/N-ethyl adjacent to an activating group) is 1. The number of carbonyl (C=O) groups excluding carboxylic acids is 1. The Balaban J connectivity index is 2.19. The van der Waals surface area contributed by atoms with Crippen LogP contribution in [0.1, 0.15) is 28.9 Å². The van der Waals surface area contributed by atoms with Crippen LogP contribution in [0.25, 0.3) is 0 Å². The first-order valence-corrected chi connectivity index (χ1v) is 6.70. The molecule has 3 nitrogen and oxygen atoms in total. The highest BCUT2D eigenvalue weighted by Gasteiger charge is 2.22. The second kappa shape index (κ2) is 6.87. The lowest BCUT2D eigenvalue weighted by molar-refractivity contribution is 0.0219. The second-order valence-electron chi connectivity index (χ2n) is 4.68. The molecule has 0 heterocycles. The van der Waals surface area contributed by atoms with Crippen molar-refractivity contribution in [1.82, 2.24) is 5.32 Å². The van der Waals surface area contributed by atoms with Gasteiger partial charge in [-0.2, -0.15) is 0 Å². The van der Waals surface area contributed by atoms with Crippen LogP contribution >= 0.6 is 0 Å². The summed E-state index contributed by atoms with van der Waals surface area (Å²) < 4.78 is 5.67. The molecule has 104 valence electrons. The molecule has 1 N–H and O–H groups in total. The van der Waals surface area contributed by atoms with Gasteiger partial charge in [0.25, 0.3) is 0 Å². The average Bonchev–Trinajstić information content (AvgIpc) is 2.53. The predicted molar refractivity (Wildman–Crippen MR) is 79.6 cm³/mol. The van der Waals surface area contributed by atoms with Crippen molar-refractivity contribution in [3.8, 4) is 0 Å². The summed E-state index contributed by atoms with van der Waals surface area (Å²) >= 11 is 0. The smallest absolute Gasteiger partial charge is 0.338 e. The molecule has 0 aliphatic rings. The highest BCUT2D eigenvalue weighted by Crippen LogP contribution is 2.22. The Kier molecular flexibility index (Phi) is 4.91. The van der Waals surface area contributed by atoms with Gasteiger partial charge in [0.1, 0.15) is 6.10 Å². The molecule has 2 aromatic carbocycles. The van der Waals surface area contributed by atoms with Gasteiger partial charge in [-0.1, -0.05) is 48.5 Å². The zero-order valence-corrected chi connectivity index (χ0v) is 11.7. The van der Waals surface area contributed by atoms with Crippen molar-refractivity contribution in [2.45, 2.75) is 19.1 Å². The van der Waals surface area contributed by atoms with Gasteiger partial charge in [0.15, 0.2) is 0 Å². The van der Waals surface area contributed by atoms with Gasteiger partial charge in [0.05, 0.1) is 5.56 Å². The van der Waals surface area contributed by atoms with E-state index in [0.29, 0.717) is 5.56 Å². The molecule has 0 saturated heterocycles. The Bertz CT molecular complexity index is 539. The molecule has 0 fully saturated rings. The number of carbonyl (C=O) groups is 1. The minimum Gasteiger partial charge on any atom is -0.452 e. The lowest BCUT2D eigenvalue weighted by Crippen LogP contribution is -2.32. The first-order chi connectivity index (χ1) is 9.72. The minimum absolute atomic E-state index is 0.0325. The third-order valence-electron chi connectivity index (χ3n) is 3.28. The van der Waals surface area contributed by atoms with Crippen LogP contribution in [0.15, 0.2) is 60.7 Å². The Morgan fingerprint density at radius 2 is 1.55 bits per heavy atom. The molecule has 3 heteroatoms. The first-order valence-electron chi connectivity index (χ1n) is 6.70. The Morgan fingerprint density at radius 3 is 2.10 bits per heavy atom. The monoisotopic (exact) mass is 269 g/mol. The summed E-state index contributed by atoms with van der Waals surface area (Å²) in [4.78, 5) is 12.2. The molecule has 0 bridgehead atoms. The largest absolute Gasteiger partial charge is 0.452 e. The SMILES string of the molecule is CN[C@H](C)[C@@H](OC(=O)c1ccccc1)c1ccccc1. The molecule has 0 saturated carbocycles. The van der Waals surface area contributed by atoms with Crippen molar-refractivity contribution in [3.05, 3.63) is 71.8 Å². The maximum absolute atomic E-state index is 12.2. The van der Waals surface area contributed by atoms with E-state index >= 15 is 0 Å². The van der Waals surface area contributed by atoms with Gasteiger partial charge < -0.3 is 10.1 Å². The van der Waals surface area contributed by atoms with Crippen molar-refractivity contribution in [1.29, 1.82) is 0 Å². The standard InChI is InChI=1S/C17H19NO2/c1-13(18-2)16(14-9-5-3-6-10-14)20-17(19)15-11-7-4-8-12-15/h3-13,16,18H,1-2H3/t13-,16-/m1/s1. The summed E-state index contributed by atoms with van der Waals surface area (Å²) in [5.41, 5.74) is 1.55. The molecule has 0 radical (unpaired) electrons. The van der Waals surface area contributed by atoms with Gasteiger partial charge in [0, 0.05) is 6.04 Å². The van der Waals surface area contributed by atoms with Gasteiger partial charge in [0.2, 0.25) is 0 Å². The van der Waals surface area contributed by atoms with Crippen LogP contribution in [0.5, 0.6) is 0 Å². The van der Waals surface area contributed by atoms with Crippen LogP contribution < -0.4 is 5.32 Å². The molecule has 0 spiro atoms. The summed E-state index contributed by atoms with van der Waals surface area (Å²) in [6.45, 7) is 2.00. The molecule has 0 amide bonds. The Morgan fingerprint density at radius 1 is 1.00 bits per heavy atom. The normalized spacial score (nSPS) is 13.5. The number of nitrogens with one attached hydrogen (secondary N) is 1. The lowest BCUT2D eigenvalue weighted by Gasteiger charge is -2.24. The highest BCUT2D eigenvalue weighted by molar-refractivity contribution is 5.89. The van der Waals surface area contributed by atoms with Crippen molar-refractivity contribution in [3.63, 3.8) is 0 Å². The lowest BCUT2D eigenvalue weighted by atomic mass is 10.0. The summed E-state index contributed by atoms with van der Waals surface area (Å²) in [6, 6.07) is 18.9. The van der Waals surface area contributed by atoms with Gasteiger partial charge in [-0.3, -0.25) is 0 Å². The molecule has 2 atom stereocenters. The fourth-order valence-electron chi connectivity index (χ4n) is 2.01. The molecule has 0 aliphatic heterocycles. The fraction of sp³-hybridized carbons (Fsp3) is 0.235. The Hall–Kier alpha value is -2.13. The molecule has 2 rings (SSSR count). The van der Waals surface area contributed by atoms with Crippen molar-refractivity contribution in [2.75, 3.05) is 7.05 Å². The van der Waals surface area contributed by atoms with E-state index in [0.717, 1.165) is 5.56 Å². The summed E-state index contributed by atoms with van der Waals surface area (Å²) in [6.07, 6.45) is -0.311. The van der Waals surface area contributed by atoms with Crippen LogP contribution in [-0.4, -0.2) is 19.1 Å². The van der Waals surface area contributed by atoms with E-state index in [4.69, 9.17) is 4.74 Å². The van der Waals surface area contributed by atoms with Crippen LogP contribution in [0.3, 0.4) is 0 Å². The third kappa shape index (κ3) is 3.45. The topological polar surface area (TPSA) is 38.3 Å². The van der Waals surface area contributed by atoms with E-state index in [1.165, 1.54) is 0 Å². The highest BCUT2D eigenvalue weighted by atomic mass is 16.5. The van der Waals surface area contributed by atoms with Gasteiger partial charge in [-0.15, -0.1) is 0 Å². The predicted octanol–water partition coefficient (Wildman–Crippen LogP) is 3.19. The fourth-order valence-corrected chi connectivity index (χ4v) is 2.01. The summed E-state index contributed by atoms with van der Waals surface area (Å²) in [7, 11) is 1.86. The molecule has 0 aliphatic carbocycles. The third-order valence-corrected chi connectivity index (χ3v) is 3.28. The van der Waals surface area contributed by atoms with E-state index in [-0.39, 0.29) is 18.1 Å². The molecule has 20 heavy (non-hydrogen) atoms. The number of ether oxygens (including phenoxy) is 1. The van der Waals surface area contributed by atoms with Crippen molar-refractivity contribution < 1.29 is 9.53 Å². The molecular weight excluding hydrogens is 250 g/mol. The minimum atomic E-state index is -0.311. The maximum atomic E-state index is 12.2. The number of hydrogen-bond acceptors (Lipinski definition) is 3. The van der Waals surface area contributed by atoms with Crippen LogP contribution in [-0.2, 0) is 4.74 Å². The zero-order chi connectivity index (χ0) is 14.4. The molecular formula is C17H19NO2. The van der Waals surface area contributed by atoms with Crippen LogP contribution in [0, 0.1) is 0 Å². The Labute approximate surface area is 119 Å². The number of rotatable bonds is 5. The summed E-state index contributed by atoms with van der Waals surface area (Å²) in [5.74, 6) is -0.304. The zero-order valence-electron chi connectivity index (χ0n) is 11.7. The van der Waals surface area contributed by atoms with Crippen molar-refractivity contribution >= 4 is 5.97 Å². The summed E-state index contributed by atoms with van der Waals surface area (Å²) in [5, 5.41) is 3.14. The maximum Gasteiger partial charge on any atom is 0.338 e. The first kappa shape index (κ1) is 14.3. The van der Waals surface area contributed by atoms with E-state index in [1.807, 2.05) is 62.5 Å². The number of benzene rings is 2.